The maximum absolute atomic E-state index is 13.6. The van der Waals surface area contributed by atoms with Gasteiger partial charge < -0.3 is 18.8 Å². The van der Waals surface area contributed by atoms with Crippen LogP contribution in [0.2, 0.25) is 5.02 Å². The summed E-state index contributed by atoms with van der Waals surface area (Å²) in [5.41, 5.74) is 1.87. The van der Waals surface area contributed by atoms with Crippen molar-refractivity contribution in [2.45, 2.75) is 26.6 Å². The van der Waals surface area contributed by atoms with Crippen molar-refractivity contribution in [3.05, 3.63) is 75.1 Å². The number of halogens is 1. The Kier molecular flexibility index (Phi) is 6.81. The molecule has 1 aromatic heterocycles. The summed E-state index contributed by atoms with van der Waals surface area (Å²) in [6.07, 6.45) is 1.32. The fourth-order valence-corrected chi connectivity index (χ4v) is 5.07. The van der Waals surface area contributed by atoms with E-state index in [0.717, 1.165) is 5.56 Å². The van der Waals surface area contributed by atoms with Gasteiger partial charge in [0, 0.05) is 10.7 Å². The van der Waals surface area contributed by atoms with Gasteiger partial charge in [-0.2, -0.15) is 0 Å². The van der Waals surface area contributed by atoms with E-state index >= 15 is 0 Å². The molecule has 1 atom stereocenters. The molecule has 3 aromatic rings. The summed E-state index contributed by atoms with van der Waals surface area (Å²) in [6.45, 7) is 5.65. The molecule has 0 fully saturated rings. The number of rotatable bonds is 8. The van der Waals surface area contributed by atoms with E-state index in [1.165, 1.54) is 6.26 Å². The number of nitrogens with one attached hydrogen (secondary N) is 1. The van der Waals surface area contributed by atoms with Crippen LogP contribution in [0.4, 0.5) is 5.69 Å². The predicted octanol–water partition coefficient (Wildman–Crippen LogP) is 6.13. The van der Waals surface area contributed by atoms with Crippen LogP contribution in [0, 0.1) is 6.92 Å². The van der Waals surface area contributed by atoms with Crippen molar-refractivity contribution in [2.75, 3.05) is 18.5 Å². The lowest BCUT2D eigenvalue weighted by atomic mass is 10.1. The second-order valence-electron chi connectivity index (χ2n) is 6.45. The van der Waals surface area contributed by atoms with Gasteiger partial charge >= 0.3 is 7.60 Å². The third-order valence-electron chi connectivity index (χ3n) is 4.33. The first-order valence-electron chi connectivity index (χ1n) is 9.31. The summed E-state index contributed by atoms with van der Waals surface area (Å²) in [4.78, 5) is 13.3. The van der Waals surface area contributed by atoms with Gasteiger partial charge in [-0.1, -0.05) is 23.2 Å². The molecule has 2 aromatic carbocycles. The van der Waals surface area contributed by atoms with Gasteiger partial charge in [0.15, 0.2) is 11.2 Å². The fourth-order valence-electron chi connectivity index (χ4n) is 3.03. The molecule has 1 heterocycles. The van der Waals surface area contributed by atoms with Crippen molar-refractivity contribution < 1.29 is 18.0 Å². The fraction of sp³-hybridized carbons (Fsp3) is 0.286. The van der Waals surface area contributed by atoms with Gasteiger partial charge in [0.2, 0.25) is 0 Å². The number of aryl methyl sites for hydroxylation is 1. The maximum atomic E-state index is 13.6. The number of benzene rings is 2. The third kappa shape index (κ3) is 4.73. The molecule has 8 heteroatoms. The Morgan fingerprint density at radius 2 is 1.76 bits per heavy atom. The zero-order chi connectivity index (χ0) is 21.0. The Morgan fingerprint density at radius 1 is 1.10 bits per heavy atom. The highest BCUT2D eigenvalue weighted by Crippen LogP contribution is 2.60. The first-order chi connectivity index (χ1) is 13.9. The summed E-state index contributed by atoms with van der Waals surface area (Å²) in [5, 5.41) is 4.09. The Labute approximate surface area is 174 Å². The predicted molar refractivity (Wildman–Crippen MR) is 116 cm³/mol. The SMILES string of the molecule is CCOP(=O)(OCC)C(Nc1ccc(Cl)cc1)c1coc2ccc(C)cc2c1=O. The Bertz CT molecular complexity index is 1090. The highest BCUT2D eigenvalue weighted by atomic mass is 35.5. The van der Waals surface area contributed by atoms with E-state index in [-0.39, 0.29) is 24.2 Å². The molecule has 0 bridgehead atoms. The summed E-state index contributed by atoms with van der Waals surface area (Å²) in [5.74, 6) is -1.05. The highest BCUT2D eigenvalue weighted by Gasteiger charge is 2.39. The van der Waals surface area contributed by atoms with Gasteiger partial charge in [-0.15, -0.1) is 0 Å². The molecule has 1 N–H and O–H groups in total. The normalized spacial score (nSPS) is 12.8. The first-order valence-corrected chi connectivity index (χ1v) is 11.3. The van der Waals surface area contributed by atoms with Crippen LogP contribution in [0.15, 0.2) is 57.9 Å². The monoisotopic (exact) mass is 435 g/mol. The van der Waals surface area contributed by atoms with E-state index in [1.807, 2.05) is 13.0 Å². The quantitative estimate of drug-likeness (QED) is 0.429. The zero-order valence-electron chi connectivity index (χ0n) is 16.5. The maximum Gasteiger partial charge on any atom is 0.357 e. The Morgan fingerprint density at radius 3 is 2.38 bits per heavy atom. The van der Waals surface area contributed by atoms with Crippen LogP contribution in [-0.2, 0) is 13.6 Å². The third-order valence-corrected chi connectivity index (χ3v) is 6.86. The molecule has 29 heavy (non-hydrogen) atoms. The smallest absolute Gasteiger partial charge is 0.357 e. The van der Waals surface area contributed by atoms with E-state index in [4.69, 9.17) is 25.1 Å². The van der Waals surface area contributed by atoms with Crippen molar-refractivity contribution in [3.8, 4) is 0 Å². The van der Waals surface area contributed by atoms with Crippen LogP contribution < -0.4 is 10.7 Å². The lowest BCUT2D eigenvalue weighted by Gasteiger charge is -2.27. The molecule has 0 aliphatic carbocycles. The second kappa shape index (κ2) is 9.14. The van der Waals surface area contributed by atoms with Crippen molar-refractivity contribution in [1.29, 1.82) is 0 Å². The van der Waals surface area contributed by atoms with Gasteiger partial charge in [0.05, 0.1) is 24.2 Å². The molecule has 154 valence electrons. The van der Waals surface area contributed by atoms with E-state index < -0.39 is 13.4 Å². The van der Waals surface area contributed by atoms with Crippen molar-refractivity contribution >= 4 is 35.9 Å². The van der Waals surface area contributed by atoms with Crippen molar-refractivity contribution in [2.24, 2.45) is 0 Å². The number of anilines is 1. The van der Waals surface area contributed by atoms with Gasteiger partial charge in [0.1, 0.15) is 11.8 Å². The summed E-state index contributed by atoms with van der Waals surface area (Å²) in [7, 11) is -3.75. The number of hydrogen-bond acceptors (Lipinski definition) is 6. The topological polar surface area (TPSA) is 77.8 Å². The number of fused-ring (bicyclic) bond motifs is 1. The van der Waals surface area contributed by atoms with Crippen LogP contribution in [0.5, 0.6) is 0 Å². The second-order valence-corrected chi connectivity index (χ2v) is 9.00. The average molecular weight is 436 g/mol. The molecule has 0 aliphatic rings. The molecular weight excluding hydrogens is 413 g/mol. The Balaban J connectivity index is 2.17. The molecule has 0 saturated carbocycles. The van der Waals surface area contributed by atoms with E-state index in [0.29, 0.717) is 21.7 Å². The average Bonchev–Trinajstić information content (AvgIpc) is 2.69. The van der Waals surface area contributed by atoms with Crippen LogP contribution in [-0.4, -0.2) is 13.2 Å². The summed E-state index contributed by atoms with van der Waals surface area (Å²) >= 11 is 5.96. The van der Waals surface area contributed by atoms with Gasteiger partial charge in [-0.3, -0.25) is 9.36 Å². The van der Waals surface area contributed by atoms with E-state index in [2.05, 4.69) is 5.32 Å². The van der Waals surface area contributed by atoms with Crippen LogP contribution in [0.25, 0.3) is 11.0 Å². The molecule has 1 unspecified atom stereocenters. The Hall–Kier alpha value is -2.11. The van der Waals surface area contributed by atoms with Crippen LogP contribution in [0.1, 0.15) is 30.8 Å². The summed E-state index contributed by atoms with van der Waals surface area (Å²) < 4.78 is 30.4. The van der Waals surface area contributed by atoms with Gasteiger partial charge in [0.25, 0.3) is 0 Å². The molecule has 0 aliphatic heterocycles. The van der Waals surface area contributed by atoms with Gasteiger partial charge in [-0.25, -0.2) is 0 Å². The first kappa shape index (κ1) is 21.6. The van der Waals surface area contributed by atoms with Gasteiger partial charge in [-0.05, 0) is 57.2 Å². The zero-order valence-corrected chi connectivity index (χ0v) is 18.1. The number of hydrogen-bond donors (Lipinski definition) is 1. The lowest BCUT2D eigenvalue weighted by Crippen LogP contribution is -2.22. The molecule has 0 spiro atoms. The van der Waals surface area contributed by atoms with Crippen LogP contribution in [0.3, 0.4) is 0 Å². The molecular formula is C21H23ClNO5P. The molecule has 0 saturated heterocycles. The molecule has 6 nitrogen and oxygen atoms in total. The molecule has 0 amide bonds. The minimum Gasteiger partial charge on any atom is -0.464 e. The van der Waals surface area contributed by atoms with E-state index in [9.17, 15) is 9.36 Å². The lowest BCUT2D eigenvalue weighted by molar-refractivity contribution is 0.214. The van der Waals surface area contributed by atoms with Crippen molar-refractivity contribution in [3.63, 3.8) is 0 Å². The minimum absolute atomic E-state index is 0.161. The molecule has 3 rings (SSSR count). The van der Waals surface area contributed by atoms with Crippen molar-refractivity contribution in [1.82, 2.24) is 0 Å². The minimum atomic E-state index is -3.75. The highest BCUT2D eigenvalue weighted by molar-refractivity contribution is 7.54. The molecule has 0 radical (unpaired) electrons. The summed E-state index contributed by atoms with van der Waals surface area (Å²) in [6, 6.07) is 12.2. The standard InChI is InChI=1S/C21H23ClNO5P/c1-4-27-29(25,28-5-2)21(23-16-9-7-15(22)8-10-16)18-13-26-19-11-6-14(3)12-17(19)20(18)24/h6-13,21,23H,4-5H2,1-3H3. The van der Waals surface area contributed by atoms with E-state index in [1.54, 1.807) is 50.2 Å². The largest absolute Gasteiger partial charge is 0.464 e. The van der Waals surface area contributed by atoms with Crippen LogP contribution >= 0.6 is 19.2 Å².